The molecule has 2 nitrogen and oxygen atoms in total. The molecule has 0 amide bonds. The first kappa shape index (κ1) is 15.5. The molecule has 0 heterocycles. The van der Waals surface area contributed by atoms with E-state index in [1.807, 2.05) is 0 Å². The summed E-state index contributed by atoms with van der Waals surface area (Å²) in [5.74, 6) is 0.721. The van der Waals surface area contributed by atoms with Gasteiger partial charge in [-0.1, -0.05) is 43.2 Å². The zero-order valence-corrected chi connectivity index (χ0v) is 13.1. The van der Waals surface area contributed by atoms with Gasteiger partial charge in [-0.05, 0) is 64.3 Å². The van der Waals surface area contributed by atoms with Gasteiger partial charge in [-0.15, -0.1) is 0 Å². The molecule has 2 rings (SSSR count). The van der Waals surface area contributed by atoms with Gasteiger partial charge < -0.3 is 10.2 Å². The van der Waals surface area contributed by atoms with Crippen LogP contribution in [0.1, 0.15) is 50.0 Å². The summed E-state index contributed by atoms with van der Waals surface area (Å²) in [5, 5.41) is 3.83. The minimum absolute atomic E-state index is 0.686. The van der Waals surface area contributed by atoms with E-state index >= 15 is 0 Å². The van der Waals surface area contributed by atoms with Crippen molar-refractivity contribution in [2.75, 3.05) is 27.2 Å². The average molecular weight is 274 g/mol. The first-order valence-electron chi connectivity index (χ1n) is 8.20. The molecule has 2 unspecified atom stereocenters. The van der Waals surface area contributed by atoms with Crippen LogP contribution >= 0.6 is 0 Å². The maximum atomic E-state index is 3.83. The Hall–Kier alpha value is -0.860. The van der Waals surface area contributed by atoms with Gasteiger partial charge in [0.15, 0.2) is 0 Å². The first-order chi connectivity index (χ1) is 9.77. The van der Waals surface area contributed by atoms with Crippen molar-refractivity contribution < 1.29 is 0 Å². The highest BCUT2D eigenvalue weighted by atomic mass is 15.0. The van der Waals surface area contributed by atoms with E-state index in [2.05, 4.69) is 54.6 Å². The fourth-order valence-electron chi connectivity index (χ4n) is 3.31. The minimum atomic E-state index is 0.686. The molecule has 1 aliphatic carbocycles. The molecule has 1 N–H and O–H groups in total. The van der Waals surface area contributed by atoms with E-state index in [1.165, 1.54) is 57.2 Å². The standard InChI is InChI=1S/C18H30N2/c1-20(2)15-9-8-14-19-18-13-7-6-12-17(18)16-10-4-3-5-11-16/h3-5,10-11,17-19H,6-9,12-15H2,1-2H3. The highest BCUT2D eigenvalue weighted by Crippen LogP contribution is 2.32. The van der Waals surface area contributed by atoms with Crippen molar-refractivity contribution in [3.8, 4) is 0 Å². The van der Waals surface area contributed by atoms with E-state index in [9.17, 15) is 0 Å². The van der Waals surface area contributed by atoms with Crippen LogP contribution in [0.5, 0.6) is 0 Å². The lowest BCUT2D eigenvalue weighted by molar-refractivity contribution is 0.321. The second kappa shape index (κ2) is 8.43. The van der Waals surface area contributed by atoms with Gasteiger partial charge in [0.2, 0.25) is 0 Å². The van der Waals surface area contributed by atoms with Gasteiger partial charge in [0.25, 0.3) is 0 Å². The number of hydrogen-bond acceptors (Lipinski definition) is 2. The molecule has 0 bridgehead atoms. The van der Waals surface area contributed by atoms with Crippen LogP contribution < -0.4 is 5.32 Å². The number of rotatable bonds is 7. The number of unbranched alkanes of at least 4 members (excludes halogenated alkanes) is 1. The van der Waals surface area contributed by atoms with Crippen molar-refractivity contribution in [2.24, 2.45) is 0 Å². The van der Waals surface area contributed by atoms with E-state index in [0.717, 1.165) is 5.92 Å². The Morgan fingerprint density at radius 3 is 2.55 bits per heavy atom. The van der Waals surface area contributed by atoms with Crippen LogP contribution in [0.15, 0.2) is 30.3 Å². The van der Waals surface area contributed by atoms with Crippen molar-refractivity contribution in [3.63, 3.8) is 0 Å². The number of nitrogens with one attached hydrogen (secondary N) is 1. The van der Waals surface area contributed by atoms with Crippen LogP contribution in [0.25, 0.3) is 0 Å². The number of nitrogens with zero attached hydrogens (tertiary/aromatic N) is 1. The molecule has 0 aromatic heterocycles. The zero-order chi connectivity index (χ0) is 14.2. The maximum absolute atomic E-state index is 3.83. The molecule has 1 aromatic rings. The van der Waals surface area contributed by atoms with Gasteiger partial charge >= 0.3 is 0 Å². The van der Waals surface area contributed by atoms with Gasteiger partial charge in [-0.3, -0.25) is 0 Å². The molecule has 1 aromatic carbocycles. The van der Waals surface area contributed by atoms with Gasteiger partial charge in [0.1, 0.15) is 0 Å². The largest absolute Gasteiger partial charge is 0.313 e. The first-order valence-corrected chi connectivity index (χ1v) is 8.20. The highest BCUT2D eigenvalue weighted by molar-refractivity contribution is 5.21. The molecule has 2 heteroatoms. The van der Waals surface area contributed by atoms with Crippen molar-refractivity contribution in [1.29, 1.82) is 0 Å². The van der Waals surface area contributed by atoms with Crippen LogP contribution in [0.2, 0.25) is 0 Å². The SMILES string of the molecule is CN(C)CCCCNC1CCCCC1c1ccccc1. The fraction of sp³-hybridized carbons (Fsp3) is 0.667. The predicted molar refractivity (Wildman–Crippen MR) is 87.2 cm³/mol. The molecule has 0 spiro atoms. The fourth-order valence-corrected chi connectivity index (χ4v) is 3.31. The monoisotopic (exact) mass is 274 g/mol. The van der Waals surface area contributed by atoms with E-state index < -0.39 is 0 Å². The summed E-state index contributed by atoms with van der Waals surface area (Å²) in [6, 6.07) is 11.8. The molecule has 0 radical (unpaired) electrons. The van der Waals surface area contributed by atoms with E-state index in [4.69, 9.17) is 0 Å². The maximum Gasteiger partial charge on any atom is 0.0136 e. The Bertz CT molecular complexity index is 361. The molecule has 112 valence electrons. The van der Waals surface area contributed by atoms with Crippen molar-refractivity contribution in [3.05, 3.63) is 35.9 Å². The Labute approximate surface area is 124 Å². The van der Waals surface area contributed by atoms with E-state index in [1.54, 1.807) is 0 Å². The highest BCUT2D eigenvalue weighted by Gasteiger charge is 2.25. The summed E-state index contributed by atoms with van der Waals surface area (Å²) in [5.41, 5.74) is 1.53. The lowest BCUT2D eigenvalue weighted by Crippen LogP contribution is -2.37. The lowest BCUT2D eigenvalue weighted by atomic mass is 9.80. The average Bonchev–Trinajstić information content (AvgIpc) is 2.48. The minimum Gasteiger partial charge on any atom is -0.313 e. The van der Waals surface area contributed by atoms with Crippen LogP contribution in [0.3, 0.4) is 0 Å². The van der Waals surface area contributed by atoms with Gasteiger partial charge in [0, 0.05) is 6.04 Å². The second-order valence-corrected chi connectivity index (χ2v) is 6.37. The molecular weight excluding hydrogens is 244 g/mol. The Morgan fingerprint density at radius 1 is 1.05 bits per heavy atom. The summed E-state index contributed by atoms with van der Waals surface area (Å²) >= 11 is 0. The van der Waals surface area contributed by atoms with Crippen molar-refractivity contribution >= 4 is 0 Å². The topological polar surface area (TPSA) is 15.3 Å². The van der Waals surface area contributed by atoms with Crippen LogP contribution in [-0.2, 0) is 0 Å². The molecule has 2 atom stereocenters. The molecule has 1 aliphatic rings. The molecule has 0 aliphatic heterocycles. The quantitative estimate of drug-likeness (QED) is 0.764. The summed E-state index contributed by atoms with van der Waals surface area (Å²) in [6.45, 7) is 2.37. The third-order valence-electron chi connectivity index (χ3n) is 4.43. The van der Waals surface area contributed by atoms with Crippen molar-refractivity contribution in [1.82, 2.24) is 10.2 Å². The predicted octanol–water partition coefficient (Wildman–Crippen LogP) is 3.64. The zero-order valence-electron chi connectivity index (χ0n) is 13.1. The third-order valence-corrected chi connectivity index (χ3v) is 4.43. The number of hydrogen-bond donors (Lipinski definition) is 1. The summed E-state index contributed by atoms with van der Waals surface area (Å²) in [7, 11) is 4.31. The Kier molecular flexibility index (Phi) is 6.55. The molecule has 1 fully saturated rings. The van der Waals surface area contributed by atoms with Gasteiger partial charge in [-0.25, -0.2) is 0 Å². The third kappa shape index (κ3) is 4.92. The number of benzene rings is 1. The smallest absolute Gasteiger partial charge is 0.0136 e. The summed E-state index contributed by atoms with van der Waals surface area (Å²) in [6.07, 6.45) is 8.04. The molecule has 0 saturated heterocycles. The molecule has 1 saturated carbocycles. The van der Waals surface area contributed by atoms with Crippen molar-refractivity contribution in [2.45, 2.75) is 50.5 Å². The summed E-state index contributed by atoms with van der Waals surface area (Å²) < 4.78 is 0. The van der Waals surface area contributed by atoms with Crippen LogP contribution in [0.4, 0.5) is 0 Å². The molecule has 20 heavy (non-hydrogen) atoms. The van der Waals surface area contributed by atoms with Crippen LogP contribution in [0, 0.1) is 0 Å². The second-order valence-electron chi connectivity index (χ2n) is 6.37. The van der Waals surface area contributed by atoms with Gasteiger partial charge in [-0.2, -0.15) is 0 Å². The Balaban J connectivity index is 1.79. The molecular formula is C18H30N2. The lowest BCUT2D eigenvalue weighted by Gasteiger charge is -2.33. The normalized spacial score (nSPS) is 23.1. The van der Waals surface area contributed by atoms with Gasteiger partial charge in [0.05, 0.1) is 0 Å². The van der Waals surface area contributed by atoms with Crippen LogP contribution in [-0.4, -0.2) is 38.1 Å². The summed E-state index contributed by atoms with van der Waals surface area (Å²) in [4.78, 5) is 2.27. The Morgan fingerprint density at radius 2 is 1.80 bits per heavy atom. The van der Waals surface area contributed by atoms with E-state index in [-0.39, 0.29) is 0 Å². The van der Waals surface area contributed by atoms with E-state index in [0.29, 0.717) is 6.04 Å².